The van der Waals surface area contributed by atoms with E-state index in [0.29, 0.717) is 38.3 Å². The van der Waals surface area contributed by atoms with E-state index < -0.39 is 0 Å². The summed E-state index contributed by atoms with van der Waals surface area (Å²) in [5.41, 5.74) is 1.22. The zero-order chi connectivity index (χ0) is 22.0. The lowest BCUT2D eigenvalue weighted by Crippen LogP contribution is -2.31. The molecule has 0 radical (unpaired) electrons. The Bertz CT molecular complexity index is 1280. The van der Waals surface area contributed by atoms with Crippen molar-refractivity contribution in [1.82, 2.24) is 14.9 Å². The smallest absolute Gasteiger partial charge is 0.259 e. The first-order chi connectivity index (χ1) is 14.9. The molecule has 1 amide bonds. The van der Waals surface area contributed by atoms with Gasteiger partial charge in [0.15, 0.2) is 0 Å². The first-order valence-corrected chi connectivity index (χ1v) is 11.0. The Morgan fingerprint density at radius 3 is 2.55 bits per heavy atom. The van der Waals surface area contributed by atoms with Crippen LogP contribution in [0.4, 0.5) is 5.69 Å². The monoisotopic (exact) mass is 472 g/mol. The molecule has 0 aliphatic carbocycles. The average Bonchev–Trinajstić information content (AvgIpc) is 3.16. The predicted molar refractivity (Wildman–Crippen MR) is 127 cm³/mol. The molecule has 0 aliphatic rings. The molecule has 0 bridgehead atoms. The number of carbonyl (C=O) groups is 1. The molecule has 158 valence electrons. The minimum absolute atomic E-state index is 0.0724. The number of carbonyl (C=O) groups excluding carboxylic acids is 1. The lowest BCUT2D eigenvalue weighted by molar-refractivity contribution is -0.117. The number of hydrogen-bond acceptors (Lipinski definition) is 5. The van der Waals surface area contributed by atoms with Crippen LogP contribution >= 0.6 is 34.5 Å². The Kier molecular flexibility index (Phi) is 6.38. The van der Waals surface area contributed by atoms with E-state index in [4.69, 9.17) is 23.2 Å². The van der Waals surface area contributed by atoms with Gasteiger partial charge in [0, 0.05) is 4.88 Å². The Hall–Kier alpha value is -2.71. The molecule has 2 heterocycles. The maximum atomic E-state index is 12.5. The first kappa shape index (κ1) is 21.5. The number of likely N-dealkylation sites (N-methyl/N-ethyl adjacent to an activating group) is 1. The summed E-state index contributed by atoms with van der Waals surface area (Å²) in [6, 6.07) is 16.7. The summed E-state index contributed by atoms with van der Waals surface area (Å²) in [5.74, 6) is 0.216. The van der Waals surface area contributed by atoms with Gasteiger partial charge < -0.3 is 10.3 Å². The maximum absolute atomic E-state index is 12.5. The third kappa shape index (κ3) is 4.97. The molecular weight excluding hydrogens is 455 g/mol. The van der Waals surface area contributed by atoms with E-state index >= 15 is 0 Å². The van der Waals surface area contributed by atoms with Crippen LogP contribution in [0.3, 0.4) is 0 Å². The highest BCUT2D eigenvalue weighted by Gasteiger charge is 2.14. The quantitative estimate of drug-likeness (QED) is 0.412. The number of anilines is 1. The molecule has 2 N–H and O–H groups in total. The second-order valence-corrected chi connectivity index (χ2v) is 8.87. The molecular formula is C22H18Cl2N4O2S. The van der Waals surface area contributed by atoms with Crippen molar-refractivity contribution in [3.8, 4) is 10.4 Å². The van der Waals surface area contributed by atoms with Crippen LogP contribution in [0.1, 0.15) is 5.82 Å². The molecule has 31 heavy (non-hydrogen) atoms. The fourth-order valence-corrected chi connectivity index (χ4v) is 4.70. The standard InChI is InChI=1S/C22H18Cl2N4O2S/c1-28(12-19(29)27-20-15(23)8-5-9-16(20)24)11-18-25-21(30)14-10-17(31-22(14)26-18)13-6-3-2-4-7-13/h2-10H,11-12H2,1H3,(H,27,29)(H,25,26,30). The number of benzene rings is 2. The summed E-state index contributed by atoms with van der Waals surface area (Å²) in [5, 5.41) is 4.01. The largest absolute Gasteiger partial charge is 0.322 e. The van der Waals surface area contributed by atoms with Gasteiger partial charge in [0.25, 0.3) is 5.56 Å². The van der Waals surface area contributed by atoms with Crippen molar-refractivity contribution < 1.29 is 4.79 Å². The summed E-state index contributed by atoms with van der Waals surface area (Å²) in [6.07, 6.45) is 0. The van der Waals surface area contributed by atoms with E-state index in [1.807, 2.05) is 36.4 Å². The van der Waals surface area contributed by atoms with Gasteiger partial charge in [0.05, 0.1) is 34.2 Å². The SMILES string of the molecule is CN(CC(=O)Nc1c(Cl)cccc1Cl)Cc1nc2sc(-c3ccccc3)cc2c(=O)[nH]1. The number of para-hydroxylation sites is 1. The number of thiophene rings is 1. The minimum Gasteiger partial charge on any atom is -0.322 e. The highest BCUT2D eigenvalue weighted by Crippen LogP contribution is 2.31. The Morgan fingerprint density at radius 2 is 1.84 bits per heavy atom. The van der Waals surface area contributed by atoms with Gasteiger partial charge in [0.2, 0.25) is 5.91 Å². The average molecular weight is 473 g/mol. The van der Waals surface area contributed by atoms with Gasteiger partial charge in [-0.05, 0) is 30.8 Å². The Balaban J connectivity index is 1.48. The van der Waals surface area contributed by atoms with E-state index in [1.54, 1.807) is 30.1 Å². The second kappa shape index (κ2) is 9.20. The summed E-state index contributed by atoms with van der Waals surface area (Å²) in [6.45, 7) is 0.371. The van der Waals surface area contributed by atoms with E-state index in [0.717, 1.165) is 10.4 Å². The van der Waals surface area contributed by atoms with E-state index in [1.165, 1.54) is 11.3 Å². The number of fused-ring (bicyclic) bond motifs is 1. The fraction of sp³-hybridized carbons (Fsp3) is 0.136. The van der Waals surface area contributed by atoms with Crippen LogP contribution in [0.2, 0.25) is 10.0 Å². The molecule has 4 rings (SSSR count). The number of rotatable bonds is 6. The molecule has 0 spiro atoms. The molecule has 0 saturated heterocycles. The molecule has 9 heteroatoms. The zero-order valence-corrected chi connectivity index (χ0v) is 18.8. The van der Waals surface area contributed by atoms with Crippen LogP contribution in [-0.2, 0) is 11.3 Å². The fourth-order valence-electron chi connectivity index (χ4n) is 3.15. The van der Waals surface area contributed by atoms with Gasteiger partial charge in [-0.3, -0.25) is 14.5 Å². The van der Waals surface area contributed by atoms with Gasteiger partial charge in [-0.1, -0.05) is 59.6 Å². The number of aromatic nitrogens is 2. The van der Waals surface area contributed by atoms with Crippen molar-refractivity contribution in [2.45, 2.75) is 6.54 Å². The second-order valence-electron chi connectivity index (χ2n) is 7.03. The molecule has 0 fully saturated rings. The summed E-state index contributed by atoms with van der Waals surface area (Å²) >= 11 is 13.7. The van der Waals surface area contributed by atoms with Crippen molar-refractivity contribution >= 4 is 56.3 Å². The van der Waals surface area contributed by atoms with Crippen molar-refractivity contribution in [2.75, 3.05) is 18.9 Å². The van der Waals surface area contributed by atoms with E-state index in [9.17, 15) is 9.59 Å². The van der Waals surface area contributed by atoms with Crippen molar-refractivity contribution in [1.29, 1.82) is 0 Å². The van der Waals surface area contributed by atoms with Gasteiger partial charge in [-0.25, -0.2) is 4.98 Å². The van der Waals surface area contributed by atoms with Crippen LogP contribution in [0.25, 0.3) is 20.7 Å². The predicted octanol–water partition coefficient (Wildman–Crippen LogP) is 5.03. The molecule has 0 saturated carbocycles. The molecule has 0 atom stereocenters. The van der Waals surface area contributed by atoms with Crippen molar-refractivity contribution in [2.24, 2.45) is 0 Å². The van der Waals surface area contributed by atoms with E-state index in [2.05, 4.69) is 15.3 Å². The van der Waals surface area contributed by atoms with Crippen molar-refractivity contribution in [3.05, 3.63) is 80.8 Å². The highest BCUT2D eigenvalue weighted by molar-refractivity contribution is 7.21. The molecule has 6 nitrogen and oxygen atoms in total. The van der Waals surface area contributed by atoms with Crippen molar-refractivity contribution in [3.63, 3.8) is 0 Å². The van der Waals surface area contributed by atoms with Crippen LogP contribution in [-0.4, -0.2) is 34.4 Å². The molecule has 4 aromatic rings. The molecule has 0 aliphatic heterocycles. The lowest BCUT2D eigenvalue weighted by atomic mass is 10.2. The molecule has 2 aromatic heterocycles. The number of nitrogens with zero attached hydrogens (tertiary/aromatic N) is 2. The third-order valence-electron chi connectivity index (χ3n) is 4.57. The van der Waals surface area contributed by atoms with Gasteiger partial charge >= 0.3 is 0 Å². The lowest BCUT2D eigenvalue weighted by Gasteiger charge is -2.16. The summed E-state index contributed by atoms with van der Waals surface area (Å²) in [7, 11) is 1.77. The minimum atomic E-state index is -0.275. The number of halogens is 2. The Morgan fingerprint density at radius 1 is 1.13 bits per heavy atom. The van der Waals surface area contributed by atoms with Gasteiger partial charge in [0.1, 0.15) is 10.7 Å². The number of H-pyrrole nitrogens is 1. The maximum Gasteiger partial charge on any atom is 0.259 e. The highest BCUT2D eigenvalue weighted by atomic mass is 35.5. The zero-order valence-electron chi connectivity index (χ0n) is 16.5. The van der Waals surface area contributed by atoms with Crippen LogP contribution in [0.15, 0.2) is 59.4 Å². The summed E-state index contributed by atoms with van der Waals surface area (Å²) < 4.78 is 0. The summed E-state index contributed by atoms with van der Waals surface area (Å²) in [4.78, 5) is 35.7. The van der Waals surface area contributed by atoms with Crippen LogP contribution in [0.5, 0.6) is 0 Å². The van der Waals surface area contributed by atoms with Crippen LogP contribution < -0.4 is 10.9 Å². The number of hydrogen-bond donors (Lipinski definition) is 2. The van der Waals surface area contributed by atoms with Gasteiger partial charge in [-0.2, -0.15) is 0 Å². The normalized spacial score (nSPS) is 11.2. The number of amides is 1. The van der Waals surface area contributed by atoms with Crippen LogP contribution in [0, 0.1) is 0 Å². The topological polar surface area (TPSA) is 78.1 Å². The van der Waals surface area contributed by atoms with E-state index in [-0.39, 0.29) is 18.0 Å². The van der Waals surface area contributed by atoms with Gasteiger partial charge in [-0.15, -0.1) is 11.3 Å². The third-order valence-corrected chi connectivity index (χ3v) is 6.28. The number of aromatic amines is 1. The molecule has 2 aromatic carbocycles. The Labute approximate surface area is 192 Å². The first-order valence-electron chi connectivity index (χ1n) is 9.41. The molecule has 0 unspecified atom stereocenters. The number of nitrogens with one attached hydrogen (secondary N) is 2.